The van der Waals surface area contributed by atoms with Crippen molar-refractivity contribution in [3.8, 4) is 11.8 Å². The largest absolute Gasteiger partial charge is 0.497 e. The maximum atomic E-state index is 9.37. The van der Waals surface area contributed by atoms with Gasteiger partial charge < -0.3 is 10.1 Å². The SMILES string of the molecule is COc1cccc(Nc2c(C#N)cnc3ccc(C)cc23)c1.Cl. The number of halogens is 1. The molecule has 3 rings (SSSR count). The van der Waals surface area contributed by atoms with Crippen LogP contribution in [0.25, 0.3) is 10.9 Å². The van der Waals surface area contributed by atoms with Crippen molar-refractivity contribution in [2.75, 3.05) is 12.4 Å². The number of nitriles is 1. The van der Waals surface area contributed by atoms with E-state index in [1.165, 1.54) is 0 Å². The summed E-state index contributed by atoms with van der Waals surface area (Å²) in [7, 11) is 1.63. The molecule has 1 N–H and O–H groups in total. The number of rotatable bonds is 3. The Morgan fingerprint density at radius 2 is 2.00 bits per heavy atom. The molecule has 23 heavy (non-hydrogen) atoms. The maximum Gasteiger partial charge on any atom is 0.120 e. The number of ether oxygens (including phenoxy) is 1. The summed E-state index contributed by atoms with van der Waals surface area (Å²) in [6.07, 6.45) is 1.60. The van der Waals surface area contributed by atoms with Gasteiger partial charge in [0.2, 0.25) is 0 Å². The second-order valence-corrected chi connectivity index (χ2v) is 5.04. The first-order valence-corrected chi connectivity index (χ1v) is 6.92. The number of nitrogens with one attached hydrogen (secondary N) is 1. The first-order chi connectivity index (χ1) is 10.7. The van der Waals surface area contributed by atoms with Gasteiger partial charge in [-0.05, 0) is 31.2 Å². The molecule has 4 nitrogen and oxygen atoms in total. The van der Waals surface area contributed by atoms with Crippen molar-refractivity contribution in [3.63, 3.8) is 0 Å². The van der Waals surface area contributed by atoms with E-state index in [-0.39, 0.29) is 12.4 Å². The fourth-order valence-corrected chi connectivity index (χ4v) is 2.37. The van der Waals surface area contributed by atoms with Crippen molar-refractivity contribution in [1.29, 1.82) is 5.26 Å². The number of pyridine rings is 1. The molecule has 1 aromatic heterocycles. The molecule has 2 aromatic carbocycles. The minimum atomic E-state index is 0. The molecule has 0 saturated carbocycles. The Morgan fingerprint density at radius 3 is 2.74 bits per heavy atom. The van der Waals surface area contributed by atoms with Gasteiger partial charge >= 0.3 is 0 Å². The monoisotopic (exact) mass is 325 g/mol. The molecule has 0 amide bonds. The maximum absolute atomic E-state index is 9.37. The Bertz CT molecular complexity index is 887. The normalized spacial score (nSPS) is 9.78. The van der Waals surface area contributed by atoms with Gasteiger partial charge in [-0.3, -0.25) is 4.98 Å². The van der Waals surface area contributed by atoms with Crippen molar-refractivity contribution in [1.82, 2.24) is 4.98 Å². The molecule has 0 unspecified atom stereocenters. The summed E-state index contributed by atoms with van der Waals surface area (Å²) in [6.45, 7) is 2.02. The van der Waals surface area contributed by atoms with Gasteiger partial charge in [0.1, 0.15) is 11.8 Å². The van der Waals surface area contributed by atoms with E-state index in [1.807, 2.05) is 49.4 Å². The quantitative estimate of drug-likeness (QED) is 0.765. The summed E-state index contributed by atoms with van der Waals surface area (Å²) in [4.78, 5) is 4.34. The summed E-state index contributed by atoms with van der Waals surface area (Å²) in [6, 6.07) is 15.8. The lowest BCUT2D eigenvalue weighted by molar-refractivity contribution is 0.415. The Labute approximate surface area is 141 Å². The molecule has 3 aromatic rings. The van der Waals surface area contributed by atoms with Gasteiger partial charge in [-0.25, -0.2) is 0 Å². The lowest BCUT2D eigenvalue weighted by Crippen LogP contribution is -1.97. The number of nitrogens with zero attached hydrogens (tertiary/aromatic N) is 2. The third kappa shape index (κ3) is 3.36. The van der Waals surface area contributed by atoms with Crippen molar-refractivity contribution in [3.05, 3.63) is 59.8 Å². The molecule has 0 fully saturated rings. The number of methoxy groups -OCH3 is 1. The van der Waals surface area contributed by atoms with E-state index in [0.717, 1.165) is 33.6 Å². The van der Waals surface area contributed by atoms with Gasteiger partial charge in [0.15, 0.2) is 0 Å². The first-order valence-electron chi connectivity index (χ1n) is 6.92. The Hall–Kier alpha value is -2.77. The molecule has 0 aliphatic carbocycles. The van der Waals surface area contributed by atoms with E-state index in [2.05, 4.69) is 16.4 Å². The summed E-state index contributed by atoms with van der Waals surface area (Å²) >= 11 is 0. The molecule has 5 heteroatoms. The predicted octanol–water partition coefficient (Wildman–Crippen LogP) is 4.59. The zero-order chi connectivity index (χ0) is 15.5. The molecule has 1 heterocycles. The van der Waals surface area contributed by atoms with Crippen molar-refractivity contribution in [2.24, 2.45) is 0 Å². The van der Waals surface area contributed by atoms with Crippen LogP contribution in [0.5, 0.6) is 5.75 Å². The second kappa shape index (κ2) is 6.99. The Kier molecular flexibility index (Phi) is 5.05. The molecule has 0 atom stereocenters. The zero-order valence-corrected chi connectivity index (χ0v) is 13.6. The second-order valence-electron chi connectivity index (χ2n) is 5.04. The average Bonchev–Trinajstić information content (AvgIpc) is 2.55. The number of hydrogen-bond acceptors (Lipinski definition) is 4. The number of anilines is 2. The van der Waals surface area contributed by atoms with E-state index in [4.69, 9.17) is 4.74 Å². The van der Waals surface area contributed by atoms with Crippen LogP contribution in [0.3, 0.4) is 0 Å². The molecule has 0 spiro atoms. The molecule has 0 radical (unpaired) electrons. The number of benzene rings is 2. The van der Waals surface area contributed by atoms with Gasteiger partial charge in [0.25, 0.3) is 0 Å². The number of hydrogen-bond donors (Lipinski definition) is 1. The molecular formula is C18H16ClN3O. The fourth-order valence-electron chi connectivity index (χ4n) is 2.37. The molecule has 0 saturated heterocycles. The standard InChI is InChI=1S/C18H15N3O.ClH/c1-12-6-7-17-16(8-12)18(13(10-19)11-20-17)21-14-4-3-5-15(9-14)22-2;/h3-9,11H,1-2H3,(H,20,21);1H. The van der Waals surface area contributed by atoms with Crippen molar-refractivity contribution < 1.29 is 4.74 Å². The molecular weight excluding hydrogens is 310 g/mol. The fraction of sp³-hybridized carbons (Fsp3) is 0.111. The number of aryl methyl sites for hydroxylation is 1. The van der Waals surface area contributed by atoms with Gasteiger partial charge in [0.05, 0.1) is 23.9 Å². The summed E-state index contributed by atoms with van der Waals surface area (Å²) in [5, 5.41) is 13.6. The van der Waals surface area contributed by atoms with E-state index in [0.29, 0.717) is 5.56 Å². The topological polar surface area (TPSA) is 57.9 Å². The van der Waals surface area contributed by atoms with Gasteiger partial charge in [-0.2, -0.15) is 5.26 Å². The highest BCUT2D eigenvalue weighted by atomic mass is 35.5. The van der Waals surface area contributed by atoms with Crippen LogP contribution in [0.4, 0.5) is 11.4 Å². The van der Waals surface area contributed by atoms with Crippen LogP contribution in [-0.2, 0) is 0 Å². The highest BCUT2D eigenvalue weighted by molar-refractivity contribution is 5.96. The van der Waals surface area contributed by atoms with E-state index in [9.17, 15) is 5.26 Å². The number of aromatic nitrogens is 1. The lowest BCUT2D eigenvalue weighted by Gasteiger charge is -2.12. The highest BCUT2D eigenvalue weighted by Crippen LogP contribution is 2.30. The van der Waals surface area contributed by atoms with Crippen LogP contribution in [0.15, 0.2) is 48.7 Å². The van der Waals surface area contributed by atoms with Gasteiger partial charge in [0, 0.05) is 23.3 Å². The molecule has 0 aliphatic heterocycles. The van der Waals surface area contributed by atoms with Gasteiger partial charge in [-0.15, -0.1) is 12.4 Å². The van der Waals surface area contributed by atoms with Crippen LogP contribution in [0.1, 0.15) is 11.1 Å². The summed E-state index contributed by atoms with van der Waals surface area (Å²) in [5.41, 5.74) is 4.13. The van der Waals surface area contributed by atoms with Crippen LogP contribution in [0.2, 0.25) is 0 Å². The minimum Gasteiger partial charge on any atom is -0.497 e. The van der Waals surface area contributed by atoms with E-state index >= 15 is 0 Å². The molecule has 116 valence electrons. The van der Waals surface area contributed by atoms with E-state index in [1.54, 1.807) is 13.3 Å². The molecule has 0 bridgehead atoms. The van der Waals surface area contributed by atoms with Gasteiger partial charge in [-0.1, -0.05) is 17.7 Å². The minimum absolute atomic E-state index is 0. The molecule has 0 aliphatic rings. The number of fused-ring (bicyclic) bond motifs is 1. The van der Waals surface area contributed by atoms with Crippen molar-refractivity contribution >= 4 is 34.7 Å². The third-order valence-electron chi connectivity index (χ3n) is 3.48. The van der Waals surface area contributed by atoms with Crippen LogP contribution < -0.4 is 10.1 Å². The summed E-state index contributed by atoms with van der Waals surface area (Å²) < 4.78 is 5.24. The highest BCUT2D eigenvalue weighted by Gasteiger charge is 2.10. The van der Waals surface area contributed by atoms with Crippen molar-refractivity contribution in [2.45, 2.75) is 6.92 Å². The predicted molar refractivity (Wildman–Crippen MR) is 94.7 cm³/mol. The van der Waals surface area contributed by atoms with E-state index < -0.39 is 0 Å². The Morgan fingerprint density at radius 1 is 1.17 bits per heavy atom. The first kappa shape index (κ1) is 16.6. The Balaban J connectivity index is 0.00000192. The van der Waals surface area contributed by atoms with Crippen LogP contribution in [-0.4, -0.2) is 12.1 Å². The lowest BCUT2D eigenvalue weighted by atomic mass is 10.1. The zero-order valence-electron chi connectivity index (χ0n) is 12.8. The average molecular weight is 326 g/mol. The van der Waals surface area contributed by atoms with Crippen LogP contribution >= 0.6 is 12.4 Å². The van der Waals surface area contributed by atoms with Crippen LogP contribution in [0, 0.1) is 18.3 Å². The summed E-state index contributed by atoms with van der Waals surface area (Å²) in [5.74, 6) is 0.762. The smallest absolute Gasteiger partial charge is 0.120 e. The third-order valence-corrected chi connectivity index (χ3v) is 3.48.